The monoisotopic (exact) mass is 432 g/mol. The van der Waals surface area contributed by atoms with Crippen LogP contribution in [0.15, 0.2) is 54.9 Å². The summed E-state index contributed by atoms with van der Waals surface area (Å²) in [4.78, 5) is 8.47. The molecule has 4 rings (SSSR count). The minimum atomic E-state index is 0.255. The molecule has 1 atom stereocenters. The van der Waals surface area contributed by atoms with Crippen LogP contribution in [0.5, 0.6) is 11.5 Å². The lowest BCUT2D eigenvalue weighted by molar-refractivity contribution is 0.479. The molecule has 7 heteroatoms. The average molecular weight is 433 g/mol. The van der Waals surface area contributed by atoms with Crippen molar-refractivity contribution < 1.29 is 4.74 Å². The Morgan fingerprint density at radius 1 is 1.06 bits per heavy atom. The summed E-state index contributed by atoms with van der Waals surface area (Å²) in [5.74, 6) is 2.37. The van der Waals surface area contributed by atoms with Gasteiger partial charge in [-0.2, -0.15) is 0 Å². The van der Waals surface area contributed by atoms with Crippen molar-refractivity contribution in [3.05, 3.63) is 71.5 Å². The predicted octanol–water partition coefficient (Wildman–Crippen LogP) is 4.77. The van der Waals surface area contributed by atoms with Crippen molar-refractivity contribution in [3.63, 3.8) is 0 Å². The van der Waals surface area contributed by atoms with Crippen LogP contribution >= 0.6 is 0 Å². The van der Waals surface area contributed by atoms with E-state index in [0.29, 0.717) is 22.9 Å². The lowest BCUT2D eigenvalue weighted by atomic mass is 10.0. The van der Waals surface area contributed by atoms with Gasteiger partial charge in [0.2, 0.25) is 0 Å². The topological polar surface area (TPSA) is 109 Å². The van der Waals surface area contributed by atoms with Crippen LogP contribution in [0, 0.1) is 12.3 Å². The van der Waals surface area contributed by atoms with Gasteiger partial charge < -0.3 is 21.1 Å². The summed E-state index contributed by atoms with van der Waals surface area (Å²) in [5, 5.41) is 15.5. The minimum Gasteiger partial charge on any atom is -0.457 e. The van der Waals surface area contributed by atoms with Crippen molar-refractivity contribution >= 4 is 17.3 Å². The van der Waals surface area contributed by atoms with Crippen molar-refractivity contribution in [2.75, 3.05) is 24.1 Å². The van der Waals surface area contributed by atoms with Gasteiger partial charge in [-0.15, -0.1) is 0 Å². The number of nitrogen functional groups attached to an aromatic ring is 1. The first-order chi connectivity index (χ1) is 15.6. The number of aryl methyl sites for hydroxylation is 1. The molecule has 2 heterocycles. The number of benzene rings is 2. The summed E-state index contributed by atoms with van der Waals surface area (Å²) in [6, 6.07) is 15.5. The molecule has 0 radical (unpaired) electrons. The maximum absolute atomic E-state index is 8.73. The van der Waals surface area contributed by atoms with E-state index in [1.807, 2.05) is 69.3 Å². The van der Waals surface area contributed by atoms with E-state index in [0.717, 1.165) is 37.2 Å². The van der Waals surface area contributed by atoms with Gasteiger partial charge in [-0.1, -0.05) is 31.5 Å². The third-order valence-corrected chi connectivity index (χ3v) is 5.16. The van der Waals surface area contributed by atoms with Crippen LogP contribution in [0.3, 0.4) is 0 Å². The fourth-order valence-electron chi connectivity index (χ4n) is 3.50. The van der Waals surface area contributed by atoms with E-state index in [2.05, 4.69) is 20.6 Å². The number of hydrogen-bond acceptors (Lipinski definition) is 7. The Morgan fingerprint density at radius 2 is 1.72 bits per heavy atom. The highest BCUT2D eigenvalue weighted by atomic mass is 16.5. The first-order valence-corrected chi connectivity index (χ1v) is 11.1. The molecule has 32 heavy (non-hydrogen) atoms. The minimum absolute atomic E-state index is 0.255. The van der Waals surface area contributed by atoms with Gasteiger partial charge in [-0.25, -0.2) is 9.97 Å². The van der Waals surface area contributed by atoms with Gasteiger partial charge in [-0.3, -0.25) is 5.41 Å². The zero-order valence-electron chi connectivity index (χ0n) is 19.0. The molecule has 7 nitrogen and oxygen atoms in total. The van der Waals surface area contributed by atoms with Crippen LogP contribution in [0.1, 0.15) is 43.4 Å². The van der Waals surface area contributed by atoms with Gasteiger partial charge >= 0.3 is 0 Å². The van der Waals surface area contributed by atoms with E-state index in [4.69, 9.17) is 15.9 Å². The number of ether oxygens (including phenoxy) is 1. The molecule has 0 aliphatic carbocycles. The molecule has 1 saturated heterocycles. The summed E-state index contributed by atoms with van der Waals surface area (Å²) in [6.45, 7) is 7.93. The number of nitrogens with one attached hydrogen (secondary N) is 3. The van der Waals surface area contributed by atoms with E-state index >= 15 is 0 Å². The van der Waals surface area contributed by atoms with Crippen molar-refractivity contribution in [2.24, 2.45) is 0 Å². The Balaban J connectivity index is 0.00000141. The zero-order chi connectivity index (χ0) is 22.9. The van der Waals surface area contributed by atoms with Crippen LogP contribution < -0.4 is 21.1 Å². The molecule has 2 aromatic carbocycles. The summed E-state index contributed by atoms with van der Waals surface area (Å²) in [7, 11) is 0. The summed E-state index contributed by atoms with van der Waals surface area (Å²) in [5.41, 5.74) is 8.84. The summed E-state index contributed by atoms with van der Waals surface area (Å²) >= 11 is 0. The Hall–Kier alpha value is -3.45. The molecule has 5 N–H and O–H groups in total. The molecular weight excluding hydrogens is 400 g/mol. The smallest absolute Gasteiger partial charge is 0.141 e. The second-order valence-electron chi connectivity index (χ2n) is 7.48. The van der Waals surface area contributed by atoms with Crippen molar-refractivity contribution in [2.45, 2.75) is 39.7 Å². The second-order valence-corrected chi connectivity index (χ2v) is 7.48. The lowest BCUT2D eigenvalue weighted by Crippen LogP contribution is -2.39. The standard InChI is InChI=1S/C23H26N6O.C2H6/c1-15-4-8-18(9-5-15)30-19-10-6-16(7-11-19)21(24)20-22(25)27-14-28-23(20)29-17-3-2-12-26-13-17;1-2/h4-11,14,17,24,26H,2-3,12-13H2,1H3,(H3,25,27,28,29);1-2H3. The molecular formula is C25H32N6O. The van der Waals surface area contributed by atoms with Crippen LogP contribution in [0.4, 0.5) is 11.6 Å². The number of nitrogens with zero attached hydrogens (tertiary/aromatic N) is 2. The van der Waals surface area contributed by atoms with E-state index in [-0.39, 0.29) is 11.8 Å². The van der Waals surface area contributed by atoms with Crippen molar-refractivity contribution in [1.29, 1.82) is 5.41 Å². The number of rotatable bonds is 6. The summed E-state index contributed by atoms with van der Waals surface area (Å²) in [6.07, 6.45) is 3.59. The van der Waals surface area contributed by atoms with E-state index in [1.54, 1.807) is 0 Å². The van der Waals surface area contributed by atoms with Crippen LogP contribution in [0.2, 0.25) is 0 Å². The number of piperidine rings is 1. The fourth-order valence-corrected chi connectivity index (χ4v) is 3.50. The van der Waals surface area contributed by atoms with Crippen molar-refractivity contribution in [3.8, 4) is 11.5 Å². The maximum atomic E-state index is 8.73. The number of hydrogen-bond donors (Lipinski definition) is 4. The quantitative estimate of drug-likeness (QED) is 0.418. The zero-order valence-corrected chi connectivity index (χ0v) is 19.0. The number of nitrogens with two attached hydrogens (primary N) is 1. The van der Waals surface area contributed by atoms with Gasteiger partial charge in [0.25, 0.3) is 0 Å². The molecule has 1 fully saturated rings. The second kappa shape index (κ2) is 11.2. The Morgan fingerprint density at radius 3 is 2.34 bits per heavy atom. The van der Waals surface area contributed by atoms with Crippen LogP contribution in [-0.4, -0.2) is 34.8 Å². The molecule has 1 aliphatic rings. The third-order valence-electron chi connectivity index (χ3n) is 5.16. The SMILES string of the molecule is CC.Cc1ccc(Oc2ccc(C(=N)c3c(N)ncnc3NC3CCCNC3)cc2)cc1. The third kappa shape index (κ3) is 5.82. The van der Waals surface area contributed by atoms with Gasteiger partial charge in [0.15, 0.2) is 0 Å². The lowest BCUT2D eigenvalue weighted by Gasteiger charge is -2.25. The molecule has 1 aromatic heterocycles. The Labute approximate surface area is 190 Å². The van der Waals surface area contributed by atoms with Crippen LogP contribution in [-0.2, 0) is 0 Å². The molecule has 0 saturated carbocycles. The van der Waals surface area contributed by atoms with Crippen LogP contribution in [0.25, 0.3) is 0 Å². The largest absolute Gasteiger partial charge is 0.457 e. The molecule has 168 valence electrons. The molecule has 1 aliphatic heterocycles. The molecule has 0 spiro atoms. The van der Waals surface area contributed by atoms with Gasteiger partial charge in [0, 0.05) is 18.2 Å². The normalized spacial score (nSPS) is 15.3. The van der Waals surface area contributed by atoms with E-state index in [9.17, 15) is 0 Å². The highest BCUT2D eigenvalue weighted by Gasteiger charge is 2.20. The number of anilines is 2. The first-order valence-electron chi connectivity index (χ1n) is 11.1. The highest BCUT2D eigenvalue weighted by Crippen LogP contribution is 2.26. The Kier molecular flexibility index (Phi) is 8.16. The molecule has 3 aromatic rings. The first kappa shape index (κ1) is 23.2. The number of aromatic nitrogens is 2. The fraction of sp³-hybridized carbons (Fsp3) is 0.320. The maximum Gasteiger partial charge on any atom is 0.141 e. The van der Waals surface area contributed by atoms with E-state index in [1.165, 1.54) is 11.9 Å². The van der Waals surface area contributed by atoms with E-state index < -0.39 is 0 Å². The molecule has 0 bridgehead atoms. The van der Waals surface area contributed by atoms with Gasteiger partial charge in [-0.05, 0) is 62.7 Å². The highest BCUT2D eigenvalue weighted by molar-refractivity contribution is 6.16. The van der Waals surface area contributed by atoms with Crippen molar-refractivity contribution in [1.82, 2.24) is 15.3 Å². The molecule has 0 amide bonds. The molecule has 1 unspecified atom stereocenters. The van der Waals surface area contributed by atoms with Gasteiger partial charge in [0.05, 0.1) is 11.3 Å². The van der Waals surface area contributed by atoms with Gasteiger partial charge in [0.1, 0.15) is 29.5 Å². The summed E-state index contributed by atoms with van der Waals surface area (Å²) < 4.78 is 5.88. The predicted molar refractivity (Wildman–Crippen MR) is 131 cm³/mol. The Bertz CT molecular complexity index is 1010. The average Bonchev–Trinajstić information content (AvgIpc) is 2.83.